The molecule has 0 spiro atoms. The van der Waals surface area contributed by atoms with E-state index in [0.717, 1.165) is 14.5 Å². The van der Waals surface area contributed by atoms with E-state index in [9.17, 15) is 14.4 Å². The number of carbonyl (C=O) groups is 3. The maximum atomic E-state index is 13.1. The second kappa shape index (κ2) is 9.60. The summed E-state index contributed by atoms with van der Waals surface area (Å²) < 4.78 is 3.01. The van der Waals surface area contributed by atoms with Gasteiger partial charge in [-0.2, -0.15) is 0 Å². The highest BCUT2D eigenvalue weighted by Crippen LogP contribution is 2.24. The molecular weight excluding hydrogens is 552 g/mol. The zero-order valence-corrected chi connectivity index (χ0v) is 20.5. The lowest BCUT2D eigenvalue weighted by atomic mass is 10.2. The first-order valence-corrected chi connectivity index (χ1v) is 11.5. The molecule has 0 saturated heterocycles. The summed E-state index contributed by atoms with van der Waals surface area (Å²) in [5.74, 6) is -2.19. The number of halogens is 2. The predicted molar refractivity (Wildman–Crippen MR) is 136 cm³/mol. The van der Waals surface area contributed by atoms with Crippen LogP contribution in [0, 0.1) is 6.92 Å². The summed E-state index contributed by atoms with van der Waals surface area (Å²) in [4.78, 5) is 38.3. The normalized spacial score (nSPS) is 10.6. The number of hydrogen-bond donors (Lipinski definition) is 3. The second-order valence-electron chi connectivity index (χ2n) is 7.24. The van der Waals surface area contributed by atoms with Crippen LogP contribution in [0.1, 0.15) is 16.1 Å². The van der Waals surface area contributed by atoms with Gasteiger partial charge in [0.2, 0.25) is 0 Å². The van der Waals surface area contributed by atoms with E-state index in [1.807, 2.05) is 25.1 Å². The number of benzene rings is 3. The highest BCUT2D eigenvalue weighted by Gasteiger charge is 2.21. The number of para-hydroxylation sites is 1. The molecule has 0 aliphatic heterocycles. The molecule has 4 rings (SSSR count). The fourth-order valence-electron chi connectivity index (χ4n) is 3.25. The van der Waals surface area contributed by atoms with Crippen molar-refractivity contribution in [3.8, 4) is 0 Å². The van der Waals surface area contributed by atoms with Crippen molar-refractivity contribution in [2.24, 2.45) is 0 Å². The summed E-state index contributed by atoms with van der Waals surface area (Å²) in [6.45, 7) is 1.83. The predicted octanol–water partition coefficient (Wildman–Crippen LogP) is 5.44. The Bertz CT molecular complexity index is 1380. The van der Waals surface area contributed by atoms with E-state index in [1.165, 1.54) is 4.68 Å². The van der Waals surface area contributed by atoms with E-state index < -0.39 is 17.7 Å². The summed E-state index contributed by atoms with van der Waals surface area (Å²) in [5, 5.41) is 6.12. The number of aromatic nitrogens is 1. The van der Waals surface area contributed by atoms with E-state index in [-0.39, 0.29) is 5.69 Å². The number of fused-ring (bicyclic) bond motifs is 1. The second-order valence-corrected chi connectivity index (χ2v) is 9.07. The Balaban J connectivity index is 1.63. The Kier molecular flexibility index (Phi) is 6.62. The van der Waals surface area contributed by atoms with Gasteiger partial charge in [0.15, 0.2) is 0 Å². The average molecular weight is 570 g/mol. The third-order valence-corrected chi connectivity index (χ3v) is 5.93. The number of carbonyl (C=O) groups excluding carboxylic acids is 3. The van der Waals surface area contributed by atoms with Crippen LogP contribution in [0.25, 0.3) is 10.9 Å². The summed E-state index contributed by atoms with van der Waals surface area (Å²) in [5.41, 5.74) is 5.23. The van der Waals surface area contributed by atoms with Crippen molar-refractivity contribution in [1.82, 2.24) is 4.68 Å². The minimum Gasteiger partial charge on any atom is -0.321 e. The third kappa shape index (κ3) is 5.15. The highest BCUT2D eigenvalue weighted by atomic mass is 79.9. The van der Waals surface area contributed by atoms with Gasteiger partial charge in [-0.1, -0.05) is 50.1 Å². The van der Waals surface area contributed by atoms with Gasteiger partial charge in [0.05, 0.1) is 5.52 Å². The molecule has 3 aromatic carbocycles. The van der Waals surface area contributed by atoms with E-state index >= 15 is 0 Å². The number of anilines is 2. The van der Waals surface area contributed by atoms with Crippen LogP contribution in [-0.2, 0) is 9.59 Å². The third-order valence-electron chi connectivity index (χ3n) is 4.91. The first-order chi connectivity index (χ1) is 15.8. The number of amides is 3. The molecule has 0 aliphatic rings. The lowest BCUT2D eigenvalue weighted by Gasteiger charge is -2.13. The Labute approximate surface area is 206 Å². The molecule has 4 aromatic rings. The van der Waals surface area contributed by atoms with Gasteiger partial charge >= 0.3 is 11.8 Å². The van der Waals surface area contributed by atoms with Crippen molar-refractivity contribution >= 4 is 71.9 Å². The van der Waals surface area contributed by atoms with Crippen molar-refractivity contribution in [3.05, 3.63) is 93.0 Å². The minimum atomic E-state index is -0.906. The van der Waals surface area contributed by atoms with Crippen molar-refractivity contribution in [2.45, 2.75) is 6.92 Å². The molecule has 7 nitrogen and oxygen atoms in total. The topological polar surface area (TPSA) is 92.2 Å². The number of rotatable bonds is 4. The zero-order valence-electron chi connectivity index (χ0n) is 17.4. The molecule has 166 valence electrons. The standard InChI is InChI=1S/C24H18Br2N4O3/c1-14-4-2-3-5-19(14)28-23(32)24(33)29-30-20-11-8-17(26)12-15(20)13-21(30)22(31)27-18-9-6-16(25)7-10-18/h2-13H,1H3,(H,27,31)(H,28,32)(H,29,33). The molecule has 3 amide bonds. The van der Waals surface area contributed by atoms with E-state index in [4.69, 9.17) is 0 Å². The molecule has 0 aliphatic carbocycles. The van der Waals surface area contributed by atoms with Crippen LogP contribution in [0.2, 0.25) is 0 Å². The van der Waals surface area contributed by atoms with Gasteiger partial charge in [-0.25, -0.2) is 4.68 Å². The average Bonchev–Trinajstić information content (AvgIpc) is 3.14. The van der Waals surface area contributed by atoms with Crippen molar-refractivity contribution in [1.29, 1.82) is 0 Å². The van der Waals surface area contributed by atoms with E-state index in [1.54, 1.807) is 54.6 Å². The fraction of sp³-hybridized carbons (Fsp3) is 0.0417. The smallest absolute Gasteiger partial charge is 0.321 e. The van der Waals surface area contributed by atoms with Crippen LogP contribution in [-0.4, -0.2) is 22.4 Å². The molecule has 33 heavy (non-hydrogen) atoms. The highest BCUT2D eigenvalue weighted by molar-refractivity contribution is 9.10. The fourth-order valence-corrected chi connectivity index (χ4v) is 3.89. The van der Waals surface area contributed by atoms with Gasteiger partial charge in [0.25, 0.3) is 5.91 Å². The number of nitrogens with one attached hydrogen (secondary N) is 3. The Morgan fingerprint density at radius 2 is 1.48 bits per heavy atom. The number of nitrogens with zero attached hydrogens (tertiary/aromatic N) is 1. The SMILES string of the molecule is Cc1ccccc1NC(=O)C(=O)Nn1c(C(=O)Nc2ccc(Br)cc2)cc2cc(Br)ccc21. The molecule has 3 N–H and O–H groups in total. The van der Waals surface area contributed by atoms with Crippen molar-refractivity contribution in [3.63, 3.8) is 0 Å². The van der Waals surface area contributed by atoms with Gasteiger partial charge in [-0.15, -0.1) is 0 Å². The van der Waals surface area contributed by atoms with Crippen LogP contribution >= 0.6 is 31.9 Å². The lowest BCUT2D eigenvalue weighted by Crippen LogP contribution is -2.36. The summed E-state index contributed by atoms with van der Waals surface area (Å²) in [6, 6.07) is 21.3. The zero-order chi connectivity index (χ0) is 23.5. The van der Waals surface area contributed by atoms with Crippen LogP contribution < -0.4 is 16.1 Å². The van der Waals surface area contributed by atoms with Gasteiger partial charge in [-0.05, 0) is 67.1 Å². The molecule has 0 radical (unpaired) electrons. The first kappa shape index (κ1) is 22.8. The van der Waals surface area contributed by atoms with E-state index in [2.05, 4.69) is 47.9 Å². The summed E-state index contributed by atoms with van der Waals surface area (Å²) in [6.07, 6.45) is 0. The molecular formula is C24H18Br2N4O3. The van der Waals surface area contributed by atoms with Gasteiger partial charge in [-0.3, -0.25) is 19.8 Å². The monoisotopic (exact) mass is 568 g/mol. The largest absolute Gasteiger partial charge is 0.328 e. The molecule has 1 aromatic heterocycles. The van der Waals surface area contributed by atoms with Crippen LogP contribution in [0.3, 0.4) is 0 Å². The quantitative estimate of drug-likeness (QED) is 0.286. The van der Waals surface area contributed by atoms with Gasteiger partial charge in [0, 0.05) is 25.7 Å². The van der Waals surface area contributed by atoms with Crippen molar-refractivity contribution < 1.29 is 14.4 Å². The Morgan fingerprint density at radius 1 is 0.788 bits per heavy atom. The molecule has 0 unspecified atom stereocenters. The van der Waals surface area contributed by atoms with Gasteiger partial charge in [0.1, 0.15) is 5.69 Å². The maximum Gasteiger partial charge on any atom is 0.328 e. The molecule has 0 fully saturated rings. The van der Waals surface area contributed by atoms with Crippen LogP contribution in [0.5, 0.6) is 0 Å². The van der Waals surface area contributed by atoms with Gasteiger partial charge < -0.3 is 10.6 Å². The van der Waals surface area contributed by atoms with E-state index in [0.29, 0.717) is 22.3 Å². The summed E-state index contributed by atoms with van der Waals surface area (Å²) >= 11 is 6.78. The Morgan fingerprint density at radius 3 is 2.21 bits per heavy atom. The number of aryl methyl sites for hydroxylation is 1. The summed E-state index contributed by atoms with van der Waals surface area (Å²) in [7, 11) is 0. The first-order valence-electron chi connectivity index (χ1n) is 9.88. The maximum absolute atomic E-state index is 13.1. The lowest BCUT2D eigenvalue weighted by molar-refractivity contribution is -0.133. The minimum absolute atomic E-state index is 0.170. The van der Waals surface area contributed by atoms with Crippen molar-refractivity contribution in [2.75, 3.05) is 16.1 Å². The molecule has 1 heterocycles. The van der Waals surface area contributed by atoms with Crippen LogP contribution in [0.15, 0.2) is 81.7 Å². The van der Waals surface area contributed by atoms with Crippen LogP contribution in [0.4, 0.5) is 11.4 Å². The Hall–Kier alpha value is -3.43. The number of hydrogen-bond acceptors (Lipinski definition) is 3. The molecule has 0 saturated carbocycles. The molecule has 9 heteroatoms. The molecule has 0 bridgehead atoms. The molecule has 0 atom stereocenters.